The molecular weight excluding hydrogens is 276 g/mol. The number of carboxylic acid groups (broad SMARTS) is 1. The zero-order valence-electron chi connectivity index (χ0n) is 11.7. The fourth-order valence-corrected chi connectivity index (χ4v) is 2.41. The maximum absolute atomic E-state index is 12.5. The lowest BCUT2D eigenvalue weighted by atomic mass is 9.79. The van der Waals surface area contributed by atoms with Crippen LogP contribution in [-0.2, 0) is 20.7 Å². The number of amides is 1. The van der Waals surface area contributed by atoms with E-state index >= 15 is 0 Å². The first-order valence-electron chi connectivity index (χ1n) is 6.86. The molecule has 2 heterocycles. The van der Waals surface area contributed by atoms with E-state index in [-0.39, 0.29) is 18.9 Å². The molecule has 5 N–H and O–H groups in total. The Bertz CT molecular complexity index is 482. The molecule has 0 aliphatic carbocycles. The van der Waals surface area contributed by atoms with Gasteiger partial charge >= 0.3 is 5.97 Å². The molecule has 8 nitrogen and oxygen atoms in total. The van der Waals surface area contributed by atoms with Crippen LogP contribution in [0.2, 0.25) is 0 Å². The van der Waals surface area contributed by atoms with Gasteiger partial charge in [-0.05, 0) is 12.8 Å². The number of nitrogens with one attached hydrogen (secondary N) is 2. The first-order chi connectivity index (χ1) is 10.1. The van der Waals surface area contributed by atoms with Crippen molar-refractivity contribution in [2.24, 2.45) is 11.1 Å². The van der Waals surface area contributed by atoms with Gasteiger partial charge in [0.25, 0.3) is 0 Å². The lowest BCUT2D eigenvalue weighted by molar-refractivity contribution is -0.145. The lowest BCUT2D eigenvalue weighted by Gasteiger charge is -2.35. The van der Waals surface area contributed by atoms with Crippen molar-refractivity contribution < 1.29 is 19.4 Å². The molecule has 1 saturated heterocycles. The van der Waals surface area contributed by atoms with E-state index in [2.05, 4.69) is 15.3 Å². The highest BCUT2D eigenvalue weighted by atomic mass is 16.5. The minimum Gasteiger partial charge on any atom is -0.480 e. The number of imidazole rings is 1. The predicted octanol–water partition coefficient (Wildman–Crippen LogP) is -0.723. The van der Waals surface area contributed by atoms with Crippen molar-refractivity contribution in [3.05, 3.63) is 18.2 Å². The highest BCUT2D eigenvalue weighted by Gasteiger charge is 2.40. The highest BCUT2D eigenvalue weighted by Crippen LogP contribution is 2.29. The fraction of sp³-hybridized carbons (Fsp3) is 0.615. The number of H-pyrrole nitrogens is 1. The van der Waals surface area contributed by atoms with E-state index in [1.54, 1.807) is 0 Å². The number of ether oxygens (including phenoxy) is 1. The van der Waals surface area contributed by atoms with Crippen LogP contribution in [0.25, 0.3) is 0 Å². The molecule has 8 heteroatoms. The molecule has 1 amide bonds. The second kappa shape index (κ2) is 6.68. The molecule has 21 heavy (non-hydrogen) atoms. The number of aliphatic carboxylic acids is 1. The molecule has 116 valence electrons. The van der Waals surface area contributed by atoms with Gasteiger partial charge < -0.3 is 25.9 Å². The minimum absolute atomic E-state index is 0.151. The molecule has 0 aromatic carbocycles. The van der Waals surface area contributed by atoms with Crippen LogP contribution in [-0.4, -0.2) is 52.8 Å². The molecule has 1 aromatic rings. The third-order valence-corrected chi connectivity index (χ3v) is 3.90. The number of carboxylic acids is 1. The summed E-state index contributed by atoms with van der Waals surface area (Å²) in [6.07, 6.45) is 4.17. The van der Waals surface area contributed by atoms with Crippen molar-refractivity contribution in [1.82, 2.24) is 15.3 Å². The SMILES string of the molecule is NCC1(C(=O)NC(Cc2cnc[nH]2)C(=O)O)CCOCC1. The Morgan fingerprint density at radius 1 is 1.52 bits per heavy atom. The smallest absolute Gasteiger partial charge is 0.326 e. The van der Waals surface area contributed by atoms with E-state index in [4.69, 9.17) is 10.5 Å². The Morgan fingerprint density at radius 3 is 2.76 bits per heavy atom. The first-order valence-corrected chi connectivity index (χ1v) is 6.86. The second-order valence-electron chi connectivity index (χ2n) is 5.24. The van der Waals surface area contributed by atoms with Gasteiger partial charge in [0.1, 0.15) is 6.04 Å². The first kappa shape index (κ1) is 15.5. The third kappa shape index (κ3) is 3.59. The molecule has 0 saturated carbocycles. The van der Waals surface area contributed by atoms with Crippen molar-refractivity contribution in [2.45, 2.75) is 25.3 Å². The van der Waals surface area contributed by atoms with Crippen LogP contribution in [0.3, 0.4) is 0 Å². The highest BCUT2D eigenvalue weighted by molar-refractivity contribution is 5.87. The van der Waals surface area contributed by atoms with Crippen molar-refractivity contribution in [3.8, 4) is 0 Å². The fourth-order valence-electron chi connectivity index (χ4n) is 2.41. The van der Waals surface area contributed by atoms with Crippen LogP contribution in [0.4, 0.5) is 0 Å². The van der Waals surface area contributed by atoms with Crippen LogP contribution in [0.15, 0.2) is 12.5 Å². The largest absolute Gasteiger partial charge is 0.480 e. The van der Waals surface area contributed by atoms with Crippen molar-refractivity contribution >= 4 is 11.9 Å². The quantitative estimate of drug-likeness (QED) is 0.548. The summed E-state index contributed by atoms with van der Waals surface area (Å²) in [7, 11) is 0. The van der Waals surface area contributed by atoms with Crippen LogP contribution < -0.4 is 11.1 Å². The summed E-state index contributed by atoms with van der Waals surface area (Å²) in [5.74, 6) is -1.41. The summed E-state index contributed by atoms with van der Waals surface area (Å²) in [5.41, 5.74) is 5.66. The van der Waals surface area contributed by atoms with Gasteiger partial charge in [-0.15, -0.1) is 0 Å². The minimum atomic E-state index is -1.09. The predicted molar refractivity (Wildman–Crippen MR) is 73.4 cm³/mol. The molecule has 1 aliphatic heterocycles. The number of hydrogen-bond donors (Lipinski definition) is 4. The van der Waals surface area contributed by atoms with Gasteiger partial charge in [-0.1, -0.05) is 0 Å². The van der Waals surface area contributed by atoms with Crippen molar-refractivity contribution in [2.75, 3.05) is 19.8 Å². The van der Waals surface area contributed by atoms with Gasteiger partial charge in [0.05, 0.1) is 11.7 Å². The maximum Gasteiger partial charge on any atom is 0.326 e. The van der Waals surface area contributed by atoms with Gasteiger partial charge in [-0.2, -0.15) is 0 Å². The van der Waals surface area contributed by atoms with Gasteiger partial charge in [0.2, 0.25) is 5.91 Å². The van der Waals surface area contributed by atoms with Gasteiger partial charge in [-0.3, -0.25) is 4.79 Å². The molecule has 0 radical (unpaired) electrons. The number of hydrogen-bond acceptors (Lipinski definition) is 5. The van der Waals surface area contributed by atoms with E-state index in [9.17, 15) is 14.7 Å². The van der Waals surface area contributed by atoms with Crippen LogP contribution >= 0.6 is 0 Å². The van der Waals surface area contributed by atoms with Crippen LogP contribution in [0.1, 0.15) is 18.5 Å². The van der Waals surface area contributed by atoms with Gasteiger partial charge in [-0.25, -0.2) is 9.78 Å². The molecule has 2 rings (SSSR count). The number of aromatic nitrogens is 2. The third-order valence-electron chi connectivity index (χ3n) is 3.90. The summed E-state index contributed by atoms with van der Waals surface area (Å²) in [6.45, 7) is 1.10. The van der Waals surface area contributed by atoms with E-state index in [0.717, 1.165) is 0 Å². The summed E-state index contributed by atoms with van der Waals surface area (Å²) >= 11 is 0. The summed E-state index contributed by atoms with van der Waals surface area (Å²) < 4.78 is 5.25. The molecule has 1 unspecified atom stereocenters. The molecule has 0 bridgehead atoms. The zero-order valence-corrected chi connectivity index (χ0v) is 11.7. The average molecular weight is 296 g/mol. The summed E-state index contributed by atoms with van der Waals surface area (Å²) in [4.78, 5) is 30.5. The van der Waals surface area contributed by atoms with Crippen LogP contribution in [0.5, 0.6) is 0 Å². The maximum atomic E-state index is 12.5. The number of carbonyl (C=O) groups is 2. The molecule has 0 spiro atoms. The Morgan fingerprint density at radius 2 is 2.24 bits per heavy atom. The number of rotatable bonds is 6. The standard InChI is InChI=1S/C13H20N4O4/c14-7-13(1-3-21-4-2-13)12(20)17-10(11(18)19)5-9-6-15-8-16-9/h6,8,10H,1-5,7,14H2,(H,15,16)(H,17,20)(H,18,19). The monoisotopic (exact) mass is 296 g/mol. The second-order valence-corrected chi connectivity index (χ2v) is 5.24. The number of carbonyl (C=O) groups excluding carboxylic acids is 1. The molecular formula is C13H20N4O4. The Hall–Kier alpha value is -1.93. The molecule has 1 aliphatic rings. The topological polar surface area (TPSA) is 130 Å². The van der Waals surface area contributed by atoms with Crippen molar-refractivity contribution in [3.63, 3.8) is 0 Å². The Kier molecular flexibility index (Phi) is 4.92. The molecule has 1 atom stereocenters. The number of aromatic amines is 1. The van der Waals surface area contributed by atoms with Gasteiger partial charge in [0.15, 0.2) is 0 Å². The number of nitrogens with two attached hydrogens (primary N) is 1. The van der Waals surface area contributed by atoms with E-state index < -0.39 is 17.4 Å². The van der Waals surface area contributed by atoms with E-state index in [0.29, 0.717) is 31.7 Å². The summed E-state index contributed by atoms with van der Waals surface area (Å²) in [5, 5.41) is 11.9. The molecule has 1 aromatic heterocycles. The zero-order chi connectivity index (χ0) is 15.3. The van der Waals surface area contributed by atoms with Gasteiger partial charge in [0, 0.05) is 38.1 Å². The van der Waals surface area contributed by atoms with Crippen molar-refractivity contribution in [1.29, 1.82) is 0 Å². The summed E-state index contributed by atoms with van der Waals surface area (Å²) in [6, 6.07) is -1.01. The van der Waals surface area contributed by atoms with Crippen LogP contribution in [0, 0.1) is 5.41 Å². The van der Waals surface area contributed by atoms with E-state index in [1.807, 2.05) is 0 Å². The lowest BCUT2D eigenvalue weighted by Crippen LogP contribution is -2.54. The van der Waals surface area contributed by atoms with E-state index in [1.165, 1.54) is 12.5 Å². The normalized spacial score (nSPS) is 18.9. The average Bonchev–Trinajstić information content (AvgIpc) is 3.00. The number of nitrogens with zero attached hydrogens (tertiary/aromatic N) is 1. The molecule has 1 fully saturated rings. The Balaban J connectivity index is 2.05. The Labute approximate surface area is 122 Å².